The molecule has 1 heterocycles. The third kappa shape index (κ3) is 2.41. The van der Waals surface area contributed by atoms with Crippen LogP contribution in [-0.2, 0) is 19.1 Å². The largest absolute Gasteiger partial charge is 0.466 e. The number of methoxy groups -OCH3 is 2. The van der Waals surface area contributed by atoms with E-state index in [-0.39, 0.29) is 23.9 Å². The normalized spacial score (nSPS) is 29.4. The molecule has 1 saturated carbocycles. The molecule has 1 aliphatic heterocycles. The van der Waals surface area contributed by atoms with Crippen LogP contribution < -0.4 is 5.01 Å². The highest BCUT2D eigenvalue weighted by atomic mass is 16.5. The molecule has 1 aromatic rings. The maximum atomic E-state index is 12.6. The smallest absolute Gasteiger partial charge is 0.334 e. The molecular weight excluding hydrogens is 334 g/mol. The average Bonchev–Trinajstić information content (AvgIpc) is 2.94. The van der Waals surface area contributed by atoms with E-state index in [0.717, 1.165) is 24.9 Å². The number of carbonyl (C=O) groups is 2. The molecule has 0 saturated heterocycles. The van der Waals surface area contributed by atoms with E-state index >= 15 is 0 Å². The van der Waals surface area contributed by atoms with Gasteiger partial charge in [0.1, 0.15) is 6.04 Å². The summed E-state index contributed by atoms with van der Waals surface area (Å²) in [6, 6.07) is 9.54. The lowest BCUT2D eigenvalue weighted by Crippen LogP contribution is -2.50. The first-order valence-corrected chi connectivity index (χ1v) is 8.83. The molecule has 26 heavy (non-hydrogen) atoms. The van der Waals surface area contributed by atoms with Crippen molar-refractivity contribution in [3.8, 4) is 0 Å². The van der Waals surface area contributed by atoms with Crippen molar-refractivity contribution < 1.29 is 19.1 Å². The van der Waals surface area contributed by atoms with Crippen molar-refractivity contribution in [1.29, 1.82) is 0 Å². The summed E-state index contributed by atoms with van der Waals surface area (Å²) in [4.78, 5) is 25.1. The molecule has 4 atom stereocenters. The van der Waals surface area contributed by atoms with Crippen LogP contribution in [0.5, 0.6) is 0 Å². The maximum Gasteiger partial charge on any atom is 0.334 e. The summed E-state index contributed by atoms with van der Waals surface area (Å²) < 4.78 is 10.0. The Morgan fingerprint density at radius 1 is 1.00 bits per heavy atom. The molecule has 0 spiro atoms. The molecule has 3 aliphatic carbocycles. The Kier molecular flexibility index (Phi) is 4.22. The molecule has 4 aliphatic rings. The number of benzene rings is 1. The first kappa shape index (κ1) is 16.8. The number of esters is 2. The molecule has 7 nitrogen and oxygen atoms in total. The number of rotatable bonds is 3. The van der Waals surface area contributed by atoms with Crippen molar-refractivity contribution in [3.05, 3.63) is 41.5 Å². The van der Waals surface area contributed by atoms with Crippen molar-refractivity contribution in [3.63, 3.8) is 0 Å². The quantitative estimate of drug-likeness (QED) is 0.779. The Morgan fingerprint density at radius 2 is 1.62 bits per heavy atom. The van der Waals surface area contributed by atoms with E-state index in [1.807, 2.05) is 35.3 Å². The molecule has 2 bridgehead atoms. The summed E-state index contributed by atoms with van der Waals surface area (Å²) in [5.74, 6) is -1.27. The molecule has 5 rings (SSSR count). The number of hydrogen-bond donors (Lipinski definition) is 0. The minimum atomic E-state index is -0.464. The van der Waals surface area contributed by atoms with Gasteiger partial charge in [0.15, 0.2) is 0 Å². The fourth-order valence-electron chi connectivity index (χ4n) is 4.59. The van der Waals surface area contributed by atoms with E-state index in [1.165, 1.54) is 14.2 Å². The van der Waals surface area contributed by atoms with Gasteiger partial charge in [-0.25, -0.2) is 14.6 Å². The van der Waals surface area contributed by atoms with Crippen LogP contribution in [-0.4, -0.2) is 38.2 Å². The predicted molar refractivity (Wildman–Crippen MR) is 93.2 cm³/mol. The van der Waals surface area contributed by atoms with E-state index in [0.29, 0.717) is 11.1 Å². The maximum absolute atomic E-state index is 12.6. The van der Waals surface area contributed by atoms with Gasteiger partial charge in [-0.3, -0.25) is 0 Å². The van der Waals surface area contributed by atoms with Gasteiger partial charge in [0.25, 0.3) is 0 Å². The molecule has 0 radical (unpaired) electrons. The Morgan fingerprint density at radius 3 is 2.27 bits per heavy atom. The Balaban J connectivity index is 1.84. The second kappa shape index (κ2) is 6.55. The number of anilines is 1. The number of carbonyl (C=O) groups excluding carboxylic acids is 2. The van der Waals surface area contributed by atoms with E-state index in [4.69, 9.17) is 9.47 Å². The number of fused-ring (bicyclic) bond motifs is 2. The molecule has 136 valence electrons. The highest BCUT2D eigenvalue weighted by molar-refractivity contribution is 6.02. The van der Waals surface area contributed by atoms with Gasteiger partial charge in [-0.2, -0.15) is 5.11 Å². The van der Waals surface area contributed by atoms with Crippen molar-refractivity contribution in [2.24, 2.45) is 22.2 Å². The zero-order valence-electron chi connectivity index (χ0n) is 14.8. The third-order valence-corrected chi connectivity index (χ3v) is 5.63. The lowest BCUT2D eigenvalue weighted by Gasteiger charge is -2.38. The summed E-state index contributed by atoms with van der Waals surface area (Å²) in [5.41, 5.74) is 1.80. The van der Waals surface area contributed by atoms with Gasteiger partial charge in [-0.15, -0.1) is 0 Å². The van der Waals surface area contributed by atoms with Gasteiger partial charge in [0.2, 0.25) is 0 Å². The van der Waals surface area contributed by atoms with Crippen molar-refractivity contribution in [1.82, 2.24) is 0 Å². The first-order chi connectivity index (χ1) is 12.7. The first-order valence-electron chi connectivity index (χ1n) is 8.83. The second-order valence-electron chi connectivity index (χ2n) is 6.82. The highest BCUT2D eigenvalue weighted by Gasteiger charge is 2.55. The fourth-order valence-corrected chi connectivity index (χ4v) is 4.59. The molecule has 7 heteroatoms. The zero-order chi connectivity index (χ0) is 18.3. The topological polar surface area (TPSA) is 80.6 Å². The summed E-state index contributed by atoms with van der Waals surface area (Å²) in [7, 11) is 2.69. The van der Waals surface area contributed by atoms with Gasteiger partial charge in [-0.1, -0.05) is 29.8 Å². The van der Waals surface area contributed by atoms with Gasteiger partial charge >= 0.3 is 11.9 Å². The number of ether oxygens (including phenoxy) is 2. The van der Waals surface area contributed by atoms with Crippen LogP contribution in [0.3, 0.4) is 0 Å². The minimum Gasteiger partial charge on any atom is -0.466 e. The summed E-state index contributed by atoms with van der Waals surface area (Å²) >= 11 is 0. The molecule has 1 aromatic carbocycles. The fraction of sp³-hybridized carbons (Fsp3) is 0.474. The minimum absolute atomic E-state index is 0.0904. The van der Waals surface area contributed by atoms with Gasteiger partial charge in [0, 0.05) is 11.8 Å². The van der Waals surface area contributed by atoms with Crippen LogP contribution in [0.4, 0.5) is 5.69 Å². The predicted octanol–water partition coefficient (Wildman–Crippen LogP) is 2.68. The van der Waals surface area contributed by atoms with Crippen LogP contribution in [0, 0.1) is 11.8 Å². The Labute approximate surface area is 151 Å². The van der Waals surface area contributed by atoms with E-state index in [9.17, 15) is 9.59 Å². The molecular formula is C19H21N3O4. The van der Waals surface area contributed by atoms with Gasteiger partial charge in [-0.05, 0) is 25.0 Å². The monoisotopic (exact) mass is 355 g/mol. The molecule has 0 N–H and O–H groups in total. The molecule has 0 unspecified atom stereocenters. The van der Waals surface area contributed by atoms with E-state index in [2.05, 4.69) is 10.3 Å². The van der Waals surface area contributed by atoms with Crippen molar-refractivity contribution in [2.45, 2.75) is 31.3 Å². The van der Waals surface area contributed by atoms with Crippen LogP contribution in [0.1, 0.15) is 19.3 Å². The zero-order valence-corrected chi connectivity index (χ0v) is 14.8. The van der Waals surface area contributed by atoms with Crippen molar-refractivity contribution in [2.75, 3.05) is 19.2 Å². The van der Waals surface area contributed by atoms with E-state index < -0.39 is 11.9 Å². The Hall–Kier alpha value is -2.70. The summed E-state index contributed by atoms with van der Waals surface area (Å²) in [5, 5.41) is 10.8. The Bertz CT molecular complexity index is 789. The summed E-state index contributed by atoms with van der Waals surface area (Å²) in [6.45, 7) is 0. The molecule has 0 aromatic heterocycles. The van der Waals surface area contributed by atoms with Gasteiger partial charge < -0.3 is 9.47 Å². The lowest BCUT2D eigenvalue weighted by atomic mass is 9.71. The average molecular weight is 355 g/mol. The van der Waals surface area contributed by atoms with Crippen LogP contribution in [0.2, 0.25) is 0 Å². The van der Waals surface area contributed by atoms with E-state index in [1.54, 1.807) is 0 Å². The lowest BCUT2D eigenvalue weighted by molar-refractivity contribution is -0.140. The number of para-hydroxylation sites is 1. The van der Waals surface area contributed by atoms with Crippen LogP contribution in [0.25, 0.3) is 0 Å². The number of hydrogen-bond acceptors (Lipinski definition) is 7. The third-order valence-electron chi connectivity index (χ3n) is 5.63. The second-order valence-corrected chi connectivity index (χ2v) is 6.82. The van der Waals surface area contributed by atoms with Gasteiger partial charge in [0.05, 0.1) is 37.1 Å². The highest BCUT2D eigenvalue weighted by Crippen LogP contribution is 2.50. The standard InChI is InChI=1S/C19H21N3O4/c1-25-18(23)14-12-9-6-10-13(15(14)19(24)26-2)17-16(12)20-21-22(17)11-7-4-3-5-8-11/h3-5,7-8,12-13,16-17H,6,9-10H2,1-2H3/t12-,13-,16-,17+/m1/s1. The SMILES string of the molecule is COC(=O)C1=C(C(=O)OC)[C@H]2CCC[C@H]1[C@H]1N=NN(c3ccccc3)[C@H]12. The number of nitrogens with zero attached hydrogens (tertiary/aromatic N) is 3. The summed E-state index contributed by atoms with van der Waals surface area (Å²) in [6.07, 6.45) is 2.49. The van der Waals surface area contributed by atoms with Crippen LogP contribution in [0.15, 0.2) is 51.8 Å². The molecule has 1 fully saturated rings. The molecule has 0 amide bonds. The van der Waals surface area contributed by atoms with Crippen molar-refractivity contribution >= 4 is 17.6 Å². The van der Waals surface area contributed by atoms with Crippen LogP contribution >= 0.6 is 0 Å².